The van der Waals surface area contributed by atoms with Gasteiger partial charge in [-0.1, -0.05) is 0 Å². The van der Waals surface area contributed by atoms with E-state index in [9.17, 15) is 9.59 Å². The number of thiazole rings is 1. The van der Waals surface area contributed by atoms with Gasteiger partial charge in [-0.25, -0.2) is 14.6 Å². The number of aliphatic hydroxyl groups excluding tert-OH is 1. The summed E-state index contributed by atoms with van der Waals surface area (Å²) in [5, 5.41) is 22.7. The van der Waals surface area contributed by atoms with E-state index in [0.29, 0.717) is 5.13 Å². The number of carbonyl (C=O) groups excluding carboxylic acids is 1. The first-order valence-corrected chi connectivity index (χ1v) is 6.32. The Balaban J connectivity index is 1.82. The van der Waals surface area contributed by atoms with Crippen molar-refractivity contribution in [2.45, 2.75) is 25.4 Å². The summed E-state index contributed by atoms with van der Waals surface area (Å²) in [7, 11) is 0. The molecular weight excluding hydrogens is 258 g/mol. The fraction of sp³-hybridized carbons (Fsp3) is 0.500. The Bertz CT molecular complexity index is 452. The number of amides is 2. The van der Waals surface area contributed by atoms with Crippen LogP contribution in [0.25, 0.3) is 0 Å². The minimum absolute atomic E-state index is 0.341. The quantitative estimate of drug-likeness (QED) is 0.625. The van der Waals surface area contributed by atoms with Crippen molar-refractivity contribution in [2.75, 3.05) is 11.9 Å². The smallest absolute Gasteiger partial charge is 0.334 e. The standard InChI is InChI=1S/C10H13N3O4S/c14-6(8(15)16)4-11-9(17)13-10-12-5-2-1-3-7(5)18-10/h6,14H,1-4H2,(H,15,16)(H2,11,12,13,17). The van der Waals surface area contributed by atoms with E-state index in [1.807, 2.05) is 0 Å². The summed E-state index contributed by atoms with van der Waals surface area (Å²) in [4.78, 5) is 27.2. The normalized spacial score (nSPS) is 14.9. The van der Waals surface area contributed by atoms with E-state index in [-0.39, 0.29) is 6.54 Å². The topological polar surface area (TPSA) is 112 Å². The molecule has 1 unspecified atom stereocenters. The number of rotatable bonds is 4. The monoisotopic (exact) mass is 271 g/mol. The predicted molar refractivity (Wildman–Crippen MR) is 64.8 cm³/mol. The highest BCUT2D eigenvalue weighted by atomic mass is 32.1. The van der Waals surface area contributed by atoms with E-state index in [2.05, 4.69) is 15.6 Å². The highest BCUT2D eigenvalue weighted by Gasteiger charge is 2.18. The molecule has 0 fully saturated rings. The number of anilines is 1. The number of fused-ring (bicyclic) bond motifs is 1. The molecule has 1 aromatic rings. The van der Waals surface area contributed by atoms with Crippen molar-refractivity contribution in [1.82, 2.24) is 10.3 Å². The van der Waals surface area contributed by atoms with Crippen LogP contribution in [0.1, 0.15) is 17.0 Å². The molecule has 0 bridgehead atoms. The Morgan fingerprint density at radius 2 is 2.22 bits per heavy atom. The third-order valence-corrected chi connectivity index (χ3v) is 3.63. The molecule has 0 aromatic carbocycles. The number of hydrogen-bond acceptors (Lipinski definition) is 5. The molecule has 0 spiro atoms. The van der Waals surface area contributed by atoms with Gasteiger partial charge in [0.1, 0.15) is 0 Å². The van der Waals surface area contributed by atoms with Crippen LogP contribution in [0.5, 0.6) is 0 Å². The van der Waals surface area contributed by atoms with Gasteiger partial charge in [0.2, 0.25) is 0 Å². The fourth-order valence-corrected chi connectivity index (χ4v) is 2.71. The van der Waals surface area contributed by atoms with E-state index >= 15 is 0 Å². The fourth-order valence-electron chi connectivity index (χ4n) is 1.66. The summed E-state index contributed by atoms with van der Waals surface area (Å²) in [5.74, 6) is -1.37. The number of aliphatic carboxylic acids is 1. The molecular formula is C10H13N3O4S. The first-order valence-electron chi connectivity index (χ1n) is 5.50. The lowest BCUT2D eigenvalue weighted by molar-refractivity contribution is -0.146. The Hall–Kier alpha value is -1.67. The van der Waals surface area contributed by atoms with Gasteiger partial charge in [-0.15, -0.1) is 11.3 Å². The molecule has 8 heteroatoms. The first-order chi connectivity index (χ1) is 8.56. The number of nitrogens with zero attached hydrogens (tertiary/aromatic N) is 1. The van der Waals surface area contributed by atoms with E-state index in [1.54, 1.807) is 0 Å². The molecule has 2 amide bonds. The van der Waals surface area contributed by atoms with Gasteiger partial charge in [-0.3, -0.25) is 5.32 Å². The summed E-state index contributed by atoms with van der Waals surface area (Å²) in [6.45, 7) is -0.341. The molecule has 0 radical (unpaired) electrons. The number of aryl methyl sites for hydroxylation is 2. The molecule has 4 N–H and O–H groups in total. The van der Waals surface area contributed by atoms with Gasteiger partial charge in [-0.05, 0) is 19.3 Å². The van der Waals surface area contributed by atoms with E-state index in [4.69, 9.17) is 10.2 Å². The third kappa shape index (κ3) is 2.96. The zero-order chi connectivity index (χ0) is 13.1. The van der Waals surface area contributed by atoms with Gasteiger partial charge in [0, 0.05) is 4.88 Å². The van der Waals surface area contributed by atoms with Crippen LogP contribution < -0.4 is 10.6 Å². The van der Waals surface area contributed by atoms with Crippen molar-refractivity contribution >= 4 is 28.5 Å². The molecule has 0 saturated heterocycles. The molecule has 18 heavy (non-hydrogen) atoms. The summed E-state index contributed by atoms with van der Waals surface area (Å²) >= 11 is 1.43. The van der Waals surface area contributed by atoms with E-state index in [0.717, 1.165) is 25.0 Å². The molecule has 0 aliphatic heterocycles. The zero-order valence-corrected chi connectivity index (χ0v) is 10.3. The Kier molecular flexibility index (Phi) is 3.78. The van der Waals surface area contributed by atoms with Gasteiger partial charge in [0.25, 0.3) is 0 Å². The minimum atomic E-state index is -1.60. The predicted octanol–water partition coefficient (Wildman–Crippen LogP) is 0.199. The molecule has 0 saturated carbocycles. The number of carboxylic acids is 1. The van der Waals surface area contributed by atoms with Crippen molar-refractivity contribution in [2.24, 2.45) is 0 Å². The van der Waals surface area contributed by atoms with E-state index < -0.39 is 18.1 Å². The lowest BCUT2D eigenvalue weighted by Gasteiger charge is -2.07. The van der Waals surface area contributed by atoms with Crippen molar-refractivity contribution in [3.05, 3.63) is 10.6 Å². The molecule has 7 nitrogen and oxygen atoms in total. The molecule has 1 atom stereocenters. The number of hydrogen-bond donors (Lipinski definition) is 4. The van der Waals surface area contributed by atoms with Crippen molar-refractivity contribution < 1.29 is 19.8 Å². The van der Waals surface area contributed by atoms with Crippen LogP contribution in [0.15, 0.2) is 0 Å². The van der Waals surface area contributed by atoms with Crippen LogP contribution in [-0.4, -0.2) is 39.8 Å². The second-order valence-corrected chi connectivity index (χ2v) is 5.02. The summed E-state index contributed by atoms with van der Waals surface area (Å²) in [5.41, 5.74) is 1.03. The zero-order valence-electron chi connectivity index (χ0n) is 9.47. The highest BCUT2D eigenvalue weighted by Crippen LogP contribution is 2.30. The van der Waals surface area contributed by atoms with Gasteiger partial charge >= 0.3 is 12.0 Å². The van der Waals surface area contributed by atoms with Crippen LogP contribution in [0.2, 0.25) is 0 Å². The number of carboxylic acid groups (broad SMARTS) is 1. The maximum Gasteiger partial charge on any atom is 0.334 e. The van der Waals surface area contributed by atoms with Crippen molar-refractivity contribution in [3.8, 4) is 0 Å². The van der Waals surface area contributed by atoms with Crippen LogP contribution in [0.4, 0.5) is 9.93 Å². The van der Waals surface area contributed by atoms with Crippen LogP contribution in [0.3, 0.4) is 0 Å². The van der Waals surface area contributed by atoms with Gasteiger partial charge in [-0.2, -0.15) is 0 Å². The summed E-state index contributed by atoms with van der Waals surface area (Å²) in [6.07, 6.45) is 1.43. The van der Waals surface area contributed by atoms with Crippen molar-refractivity contribution in [1.29, 1.82) is 0 Å². The largest absolute Gasteiger partial charge is 0.479 e. The molecule has 1 aromatic heterocycles. The van der Waals surface area contributed by atoms with Gasteiger partial charge in [0.15, 0.2) is 11.2 Å². The van der Waals surface area contributed by atoms with Gasteiger partial charge in [0.05, 0.1) is 12.2 Å². The highest BCUT2D eigenvalue weighted by molar-refractivity contribution is 7.15. The van der Waals surface area contributed by atoms with Crippen molar-refractivity contribution in [3.63, 3.8) is 0 Å². The number of carbonyl (C=O) groups is 2. The number of aromatic nitrogens is 1. The molecule has 1 heterocycles. The first kappa shape index (κ1) is 12.8. The van der Waals surface area contributed by atoms with Crippen LogP contribution >= 0.6 is 11.3 Å². The second-order valence-electron chi connectivity index (χ2n) is 3.93. The average molecular weight is 271 g/mol. The average Bonchev–Trinajstić information content (AvgIpc) is 2.85. The number of aliphatic hydroxyl groups is 1. The lowest BCUT2D eigenvalue weighted by atomic mass is 10.4. The van der Waals surface area contributed by atoms with Crippen LogP contribution in [-0.2, 0) is 17.6 Å². The molecule has 98 valence electrons. The minimum Gasteiger partial charge on any atom is -0.479 e. The lowest BCUT2D eigenvalue weighted by Crippen LogP contribution is -2.38. The number of nitrogens with one attached hydrogen (secondary N) is 2. The third-order valence-electron chi connectivity index (χ3n) is 2.56. The van der Waals surface area contributed by atoms with Crippen LogP contribution in [0, 0.1) is 0 Å². The molecule has 1 aliphatic carbocycles. The van der Waals surface area contributed by atoms with Gasteiger partial charge < -0.3 is 15.5 Å². The maximum atomic E-state index is 11.4. The van der Waals surface area contributed by atoms with E-state index in [1.165, 1.54) is 16.2 Å². The second kappa shape index (κ2) is 5.32. The maximum absolute atomic E-state index is 11.4. The summed E-state index contributed by atoms with van der Waals surface area (Å²) < 4.78 is 0. The summed E-state index contributed by atoms with van der Waals surface area (Å²) in [6, 6.07) is -0.567. The Morgan fingerprint density at radius 3 is 2.89 bits per heavy atom. The Labute approximate surface area is 107 Å². The molecule has 2 rings (SSSR count). The SMILES string of the molecule is O=C(NCC(O)C(=O)O)Nc1nc2c(s1)CCC2. The number of urea groups is 1. The molecule has 1 aliphatic rings. The Morgan fingerprint density at radius 1 is 1.44 bits per heavy atom.